The van der Waals surface area contributed by atoms with Gasteiger partial charge in [0.25, 0.3) is 5.91 Å². The molecule has 0 aromatic carbocycles. The third-order valence-electron chi connectivity index (χ3n) is 4.97. The van der Waals surface area contributed by atoms with Crippen molar-refractivity contribution in [2.75, 3.05) is 18.0 Å². The summed E-state index contributed by atoms with van der Waals surface area (Å²) < 4.78 is 1.62. The number of hydrogen-bond acceptors (Lipinski definition) is 5. The van der Waals surface area contributed by atoms with Crippen molar-refractivity contribution in [3.05, 3.63) is 35.5 Å². The summed E-state index contributed by atoms with van der Waals surface area (Å²) in [6, 6.07) is 4.06. The van der Waals surface area contributed by atoms with Gasteiger partial charge in [-0.1, -0.05) is 6.42 Å². The van der Waals surface area contributed by atoms with Crippen molar-refractivity contribution in [2.45, 2.75) is 38.1 Å². The molecule has 1 amide bonds. The van der Waals surface area contributed by atoms with Gasteiger partial charge >= 0.3 is 0 Å². The van der Waals surface area contributed by atoms with Crippen molar-refractivity contribution in [3.8, 4) is 0 Å². The molecule has 2 aromatic heterocycles. The quantitative estimate of drug-likeness (QED) is 0.919. The van der Waals surface area contributed by atoms with Gasteiger partial charge in [-0.05, 0) is 25.8 Å². The molecule has 7 heteroatoms. The van der Waals surface area contributed by atoms with Gasteiger partial charge in [0, 0.05) is 37.8 Å². The molecule has 0 bridgehead atoms. The van der Waals surface area contributed by atoms with E-state index in [4.69, 9.17) is 0 Å². The molecule has 24 heavy (non-hydrogen) atoms. The van der Waals surface area contributed by atoms with E-state index in [0.717, 1.165) is 30.3 Å². The van der Waals surface area contributed by atoms with Crippen LogP contribution in [0.1, 0.15) is 47.1 Å². The number of amides is 1. The second-order valence-corrected chi connectivity index (χ2v) is 6.80. The number of aryl methyl sites for hydroxylation is 2. The van der Waals surface area contributed by atoms with Crippen LogP contribution in [0.4, 0.5) is 5.82 Å². The van der Waals surface area contributed by atoms with E-state index >= 15 is 0 Å². The van der Waals surface area contributed by atoms with Gasteiger partial charge in [0.1, 0.15) is 17.8 Å². The van der Waals surface area contributed by atoms with E-state index < -0.39 is 0 Å². The van der Waals surface area contributed by atoms with Crippen molar-refractivity contribution in [1.29, 1.82) is 0 Å². The molecular weight excluding hydrogens is 304 g/mol. The third kappa shape index (κ3) is 2.74. The predicted octanol–water partition coefficient (Wildman–Crippen LogP) is 1.40. The first-order chi connectivity index (χ1) is 11.6. The van der Waals surface area contributed by atoms with Crippen molar-refractivity contribution in [1.82, 2.24) is 25.1 Å². The summed E-state index contributed by atoms with van der Waals surface area (Å²) in [5.74, 6) is 1.51. The molecule has 0 atom stereocenters. The lowest BCUT2D eigenvalue weighted by molar-refractivity contribution is 0.0920. The molecule has 126 valence electrons. The highest BCUT2D eigenvalue weighted by Crippen LogP contribution is 2.36. The van der Waals surface area contributed by atoms with Crippen molar-refractivity contribution < 1.29 is 4.79 Å². The molecule has 7 nitrogen and oxygen atoms in total. The summed E-state index contributed by atoms with van der Waals surface area (Å²) in [5.41, 5.74) is 2.60. The summed E-state index contributed by atoms with van der Waals surface area (Å²) in [7, 11) is 1.79. The second kappa shape index (κ2) is 5.89. The SMILES string of the molecule is Cc1cc(C(=O)NC2CN(c3cc(C4CCC4)ncn3)C2)n(C)n1. The number of rotatable bonds is 4. The zero-order valence-electron chi connectivity index (χ0n) is 14.1. The molecule has 2 fully saturated rings. The van der Waals surface area contributed by atoms with E-state index in [-0.39, 0.29) is 11.9 Å². The minimum Gasteiger partial charge on any atom is -0.352 e. The Hall–Kier alpha value is -2.44. The van der Waals surface area contributed by atoms with Crippen LogP contribution < -0.4 is 10.2 Å². The summed E-state index contributed by atoms with van der Waals surface area (Å²) in [5, 5.41) is 7.28. The van der Waals surface area contributed by atoms with Crippen LogP contribution in [0.5, 0.6) is 0 Å². The number of nitrogens with one attached hydrogen (secondary N) is 1. The minimum atomic E-state index is -0.0689. The molecule has 1 aliphatic heterocycles. The average molecular weight is 326 g/mol. The number of hydrogen-bond donors (Lipinski definition) is 1. The summed E-state index contributed by atoms with van der Waals surface area (Å²) >= 11 is 0. The zero-order valence-corrected chi connectivity index (χ0v) is 14.1. The summed E-state index contributed by atoms with van der Waals surface area (Å²) in [6.45, 7) is 3.45. The minimum absolute atomic E-state index is 0.0689. The third-order valence-corrected chi connectivity index (χ3v) is 4.97. The molecule has 3 heterocycles. The van der Waals surface area contributed by atoms with Crippen LogP contribution in [0.3, 0.4) is 0 Å². The van der Waals surface area contributed by atoms with E-state index in [2.05, 4.69) is 31.3 Å². The van der Waals surface area contributed by atoms with Gasteiger partial charge in [0.2, 0.25) is 0 Å². The van der Waals surface area contributed by atoms with Crippen molar-refractivity contribution in [3.63, 3.8) is 0 Å². The Kier molecular flexibility index (Phi) is 3.70. The average Bonchev–Trinajstić information content (AvgIpc) is 2.79. The Morgan fingerprint density at radius 2 is 2.04 bits per heavy atom. The van der Waals surface area contributed by atoms with Gasteiger partial charge in [-0.15, -0.1) is 0 Å². The Balaban J connectivity index is 1.35. The molecule has 0 radical (unpaired) electrons. The van der Waals surface area contributed by atoms with Crippen LogP contribution >= 0.6 is 0 Å². The lowest BCUT2D eigenvalue weighted by Crippen LogP contribution is -2.59. The summed E-state index contributed by atoms with van der Waals surface area (Å²) in [4.78, 5) is 23.3. The smallest absolute Gasteiger partial charge is 0.269 e. The topological polar surface area (TPSA) is 75.9 Å². The standard InChI is InChI=1S/C17H22N6O/c1-11-6-15(22(2)21-11)17(24)20-13-8-23(9-13)16-7-14(18-10-19-16)12-4-3-5-12/h6-7,10,12-13H,3-5,8-9H2,1-2H3,(H,20,24). The highest BCUT2D eigenvalue weighted by atomic mass is 16.2. The Bertz CT molecular complexity index is 760. The lowest BCUT2D eigenvalue weighted by atomic mass is 9.83. The van der Waals surface area contributed by atoms with E-state index in [1.54, 1.807) is 24.1 Å². The maximum Gasteiger partial charge on any atom is 0.269 e. The van der Waals surface area contributed by atoms with E-state index in [0.29, 0.717) is 11.6 Å². The predicted molar refractivity (Wildman–Crippen MR) is 90.0 cm³/mol. The highest BCUT2D eigenvalue weighted by Gasteiger charge is 2.31. The van der Waals surface area contributed by atoms with Gasteiger partial charge in [-0.3, -0.25) is 9.48 Å². The van der Waals surface area contributed by atoms with E-state index in [1.165, 1.54) is 19.3 Å². The molecule has 2 aliphatic rings. The maximum atomic E-state index is 12.3. The molecule has 0 spiro atoms. The zero-order chi connectivity index (χ0) is 16.7. The lowest BCUT2D eigenvalue weighted by Gasteiger charge is -2.40. The fourth-order valence-electron chi connectivity index (χ4n) is 3.30. The first-order valence-electron chi connectivity index (χ1n) is 8.48. The molecule has 1 saturated heterocycles. The van der Waals surface area contributed by atoms with Gasteiger partial charge in [-0.25, -0.2) is 9.97 Å². The van der Waals surface area contributed by atoms with Crippen LogP contribution in [0.2, 0.25) is 0 Å². The fourth-order valence-corrected chi connectivity index (χ4v) is 3.30. The first kappa shape index (κ1) is 15.1. The van der Waals surface area contributed by atoms with Gasteiger partial charge in [0.15, 0.2) is 0 Å². The molecule has 2 aromatic rings. The normalized spacial score (nSPS) is 18.2. The Morgan fingerprint density at radius 3 is 2.67 bits per heavy atom. The highest BCUT2D eigenvalue weighted by molar-refractivity contribution is 5.93. The molecule has 1 N–H and O–H groups in total. The van der Waals surface area contributed by atoms with Crippen LogP contribution in [-0.4, -0.2) is 44.8 Å². The second-order valence-electron chi connectivity index (χ2n) is 6.80. The number of aromatic nitrogens is 4. The maximum absolute atomic E-state index is 12.3. The Morgan fingerprint density at radius 1 is 1.25 bits per heavy atom. The van der Waals surface area contributed by atoms with E-state index in [9.17, 15) is 4.79 Å². The molecule has 1 aliphatic carbocycles. The van der Waals surface area contributed by atoms with Crippen LogP contribution in [0, 0.1) is 6.92 Å². The largest absolute Gasteiger partial charge is 0.352 e. The van der Waals surface area contributed by atoms with Crippen LogP contribution in [-0.2, 0) is 7.05 Å². The molecule has 4 rings (SSSR count). The first-order valence-corrected chi connectivity index (χ1v) is 8.48. The Labute approximate surface area is 141 Å². The van der Waals surface area contributed by atoms with Gasteiger partial charge in [0.05, 0.1) is 11.7 Å². The molecular formula is C17H22N6O. The number of carbonyl (C=O) groups excluding carboxylic acids is 1. The molecule has 1 saturated carbocycles. The van der Waals surface area contributed by atoms with Crippen LogP contribution in [0.25, 0.3) is 0 Å². The summed E-state index contributed by atoms with van der Waals surface area (Å²) in [6.07, 6.45) is 5.43. The number of carbonyl (C=O) groups is 1. The fraction of sp³-hybridized carbons (Fsp3) is 0.529. The van der Waals surface area contributed by atoms with Gasteiger partial charge < -0.3 is 10.2 Å². The van der Waals surface area contributed by atoms with Gasteiger partial charge in [-0.2, -0.15) is 5.10 Å². The monoisotopic (exact) mass is 326 g/mol. The van der Waals surface area contributed by atoms with Crippen molar-refractivity contribution in [2.24, 2.45) is 7.05 Å². The number of nitrogens with zero attached hydrogens (tertiary/aromatic N) is 5. The number of anilines is 1. The van der Waals surface area contributed by atoms with Crippen LogP contribution in [0.15, 0.2) is 18.5 Å². The molecule has 0 unspecified atom stereocenters. The van der Waals surface area contributed by atoms with Crippen molar-refractivity contribution >= 4 is 11.7 Å². The van der Waals surface area contributed by atoms with E-state index in [1.807, 2.05) is 6.92 Å².